The SMILES string of the molecule is CCO[C@@H]1CCCN(C(=O)Nc2ccc([N+](=O)[O-])cc2Cl)C1. The van der Waals surface area contributed by atoms with Crippen molar-refractivity contribution in [2.45, 2.75) is 25.9 Å². The van der Waals surface area contributed by atoms with Crippen LogP contribution in [-0.4, -0.2) is 41.7 Å². The van der Waals surface area contributed by atoms with Crippen LogP contribution >= 0.6 is 11.6 Å². The number of nitrogens with one attached hydrogen (secondary N) is 1. The fraction of sp³-hybridized carbons (Fsp3) is 0.500. The molecule has 1 N–H and O–H groups in total. The molecular formula is C14H18ClN3O4. The lowest BCUT2D eigenvalue weighted by Crippen LogP contribution is -2.45. The van der Waals surface area contributed by atoms with Gasteiger partial charge < -0.3 is 15.0 Å². The summed E-state index contributed by atoms with van der Waals surface area (Å²) in [6.07, 6.45) is 1.87. The monoisotopic (exact) mass is 327 g/mol. The summed E-state index contributed by atoms with van der Waals surface area (Å²) in [5, 5.41) is 13.5. The molecule has 1 aromatic carbocycles. The lowest BCUT2D eigenvalue weighted by molar-refractivity contribution is -0.384. The maximum absolute atomic E-state index is 12.3. The molecule has 0 radical (unpaired) electrons. The fourth-order valence-corrected chi connectivity index (χ4v) is 2.63. The lowest BCUT2D eigenvalue weighted by Gasteiger charge is -2.32. The third-order valence-electron chi connectivity index (χ3n) is 3.47. The average molecular weight is 328 g/mol. The second-order valence-electron chi connectivity index (χ2n) is 5.02. The van der Waals surface area contributed by atoms with Crippen LogP contribution in [0.15, 0.2) is 18.2 Å². The van der Waals surface area contributed by atoms with Crippen molar-refractivity contribution >= 4 is 29.0 Å². The van der Waals surface area contributed by atoms with Gasteiger partial charge >= 0.3 is 6.03 Å². The Morgan fingerprint density at radius 1 is 1.59 bits per heavy atom. The molecule has 0 aliphatic carbocycles. The topological polar surface area (TPSA) is 84.7 Å². The van der Waals surface area contributed by atoms with Crippen molar-refractivity contribution in [3.8, 4) is 0 Å². The Kier molecular flexibility index (Phi) is 5.57. The van der Waals surface area contributed by atoms with Gasteiger partial charge in [-0.25, -0.2) is 4.79 Å². The van der Waals surface area contributed by atoms with Crippen molar-refractivity contribution in [2.24, 2.45) is 0 Å². The number of nitrogens with zero attached hydrogens (tertiary/aromatic N) is 2. The normalized spacial score (nSPS) is 18.1. The van der Waals surface area contributed by atoms with Crippen LogP contribution < -0.4 is 5.32 Å². The summed E-state index contributed by atoms with van der Waals surface area (Å²) in [4.78, 5) is 24.1. The summed E-state index contributed by atoms with van der Waals surface area (Å²) < 4.78 is 5.56. The Bertz CT molecular complexity index is 565. The van der Waals surface area contributed by atoms with Gasteiger partial charge in [0.25, 0.3) is 5.69 Å². The van der Waals surface area contributed by atoms with Gasteiger partial charge in [0, 0.05) is 31.8 Å². The number of rotatable bonds is 4. The van der Waals surface area contributed by atoms with Gasteiger partial charge in [-0.1, -0.05) is 11.6 Å². The van der Waals surface area contributed by atoms with E-state index in [2.05, 4.69) is 5.32 Å². The molecule has 120 valence electrons. The number of amides is 2. The summed E-state index contributed by atoms with van der Waals surface area (Å²) in [5.74, 6) is 0. The summed E-state index contributed by atoms with van der Waals surface area (Å²) in [5.41, 5.74) is 0.244. The first-order valence-corrected chi connectivity index (χ1v) is 7.50. The van der Waals surface area contributed by atoms with E-state index in [1.807, 2.05) is 6.92 Å². The standard InChI is InChI=1S/C14H18ClN3O4/c1-2-22-11-4-3-7-17(9-11)14(19)16-13-6-5-10(18(20)21)8-12(13)15/h5-6,8,11H,2-4,7,9H2,1H3,(H,16,19)/t11-/m1/s1. The smallest absolute Gasteiger partial charge is 0.321 e. The molecule has 7 nitrogen and oxygen atoms in total. The number of anilines is 1. The van der Waals surface area contributed by atoms with Crippen molar-refractivity contribution in [3.05, 3.63) is 33.3 Å². The highest BCUT2D eigenvalue weighted by atomic mass is 35.5. The molecule has 0 unspecified atom stereocenters. The number of carbonyl (C=O) groups is 1. The van der Waals surface area contributed by atoms with Gasteiger partial charge in [-0.15, -0.1) is 0 Å². The van der Waals surface area contributed by atoms with Crippen LogP contribution in [0.3, 0.4) is 0 Å². The van der Waals surface area contributed by atoms with Crippen molar-refractivity contribution in [3.63, 3.8) is 0 Å². The third-order valence-corrected chi connectivity index (χ3v) is 3.79. The Morgan fingerprint density at radius 3 is 3.00 bits per heavy atom. The summed E-state index contributed by atoms with van der Waals surface area (Å²) >= 11 is 5.97. The third kappa shape index (κ3) is 4.08. The predicted octanol–water partition coefficient (Wildman–Crippen LogP) is 3.28. The van der Waals surface area contributed by atoms with Gasteiger partial charge in [0.15, 0.2) is 0 Å². The maximum atomic E-state index is 12.3. The number of urea groups is 1. The van der Waals surface area contributed by atoms with E-state index in [9.17, 15) is 14.9 Å². The lowest BCUT2D eigenvalue weighted by atomic mass is 10.1. The number of piperidine rings is 1. The minimum Gasteiger partial charge on any atom is -0.377 e. The van der Waals surface area contributed by atoms with Crippen molar-refractivity contribution in [1.82, 2.24) is 4.90 Å². The first-order valence-electron chi connectivity index (χ1n) is 7.12. The van der Waals surface area contributed by atoms with Crippen molar-refractivity contribution in [2.75, 3.05) is 25.0 Å². The number of nitro benzene ring substituents is 1. The second-order valence-corrected chi connectivity index (χ2v) is 5.42. The second kappa shape index (κ2) is 7.42. The first kappa shape index (κ1) is 16.5. The molecule has 0 saturated carbocycles. The number of likely N-dealkylation sites (tertiary alicyclic amines) is 1. The van der Waals surface area contributed by atoms with E-state index < -0.39 is 4.92 Å². The van der Waals surface area contributed by atoms with Crippen LogP contribution in [0.2, 0.25) is 5.02 Å². The van der Waals surface area contributed by atoms with Crippen LogP contribution in [0.25, 0.3) is 0 Å². The van der Waals surface area contributed by atoms with E-state index in [4.69, 9.17) is 16.3 Å². The number of ether oxygens (including phenoxy) is 1. The van der Waals surface area contributed by atoms with E-state index in [1.54, 1.807) is 4.90 Å². The zero-order chi connectivity index (χ0) is 16.1. The quantitative estimate of drug-likeness (QED) is 0.679. The van der Waals surface area contributed by atoms with Gasteiger partial charge in [0.1, 0.15) is 0 Å². The molecule has 1 atom stereocenters. The van der Waals surface area contributed by atoms with E-state index >= 15 is 0 Å². The number of carbonyl (C=O) groups excluding carboxylic acids is 1. The van der Waals surface area contributed by atoms with Gasteiger partial charge in [-0.3, -0.25) is 10.1 Å². The van der Waals surface area contributed by atoms with Crippen LogP contribution in [0, 0.1) is 10.1 Å². The zero-order valence-corrected chi connectivity index (χ0v) is 13.0. The number of hydrogen-bond acceptors (Lipinski definition) is 4. The van der Waals surface area contributed by atoms with E-state index in [-0.39, 0.29) is 22.8 Å². The minimum atomic E-state index is -0.533. The molecule has 2 amide bonds. The van der Waals surface area contributed by atoms with Crippen LogP contribution in [0.5, 0.6) is 0 Å². The van der Waals surface area contributed by atoms with Crippen LogP contribution in [0.1, 0.15) is 19.8 Å². The Labute approximate surface area is 133 Å². The fourth-order valence-electron chi connectivity index (χ4n) is 2.41. The molecule has 1 heterocycles. The number of nitro groups is 1. The van der Waals surface area contributed by atoms with Crippen molar-refractivity contribution in [1.29, 1.82) is 0 Å². The average Bonchev–Trinajstić information content (AvgIpc) is 2.49. The molecule has 0 spiro atoms. The largest absolute Gasteiger partial charge is 0.377 e. The minimum absolute atomic E-state index is 0.0526. The van der Waals surface area contributed by atoms with E-state index in [0.29, 0.717) is 25.4 Å². The van der Waals surface area contributed by atoms with Gasteiger partial charge in [0.05, 0.1) is 21.7 Å². The molecule has 8 heteroatoms. The first-order chi connectivity index (χ1) is 10.5. The summed E-state index contributed by atoms with van der Waals surface area (Å²) in [6.45, 7) is 3.73. The Hall–Kier alpha value is -1.86. The highest BCUT2D eigenvalue weighted by Gasteiger charge is 2.24. The molecule has 1 aliphatic heterocycles. The van der Waals surface area contributed by atoms with Crippen molar-refractivity contribution < 1.29 is 14.5 Å². The molecule has 0 bridgehead atoms. The molecule has 1 fully saturated rings. The molecule has 22 heavy (non-hydrogen) atoms. The van der Waals surface area contributed by atoms with Gasteiger partial charge in [-0.05, 0) is 25.8 Å². The summed E-state index contributed by atoms with van der Waals surface area (Å²) in [7, 11) is 0. The zero-order valence-electron chi connectivity index (χ0n) is 12.3. The number of halogens is 1. The summed E-state index contributed by atoms with van der Waals surface area (Å²) in [6, 6.07) is 3.68. The predicted molar refractivity (Wildman–Crippen MR) is 83.3 cm³/mol. The van der Waals surface area contributed by atoms with Gasteiger partial charge in [-0.2, -0.15) is 0 Å². The molecule has 0 aromatic heterocycles. The number of hydrogen-bond donors (Lipinski definition) is 1. The van der Waals surface area contributed by atoms with Crippen LogP contribution in [-0.2, 0) is 4.74 Å². The van der Waals surface area contributed by atoms with Crippen LogP contribution in [0.4, 0.5) is 16.2 Å². The van der Waals surface area contributed by atoms with Gasteiger partial charge in [0.2, 0.25) is 0 Å². The maximum Gasteiger partial charge on any atom is 0.321 e. The number of non-ortho nitro benzene ring substituents is 1. The molecule has 2 rings (SSSR count). The highest BCUT2D eigenvalue weighted by molar-refractivity contribution is 6.33. The van der Waals surface area contributed by atoms with E-state index in [0.717, 1.165) is 12.8 Å². The number of benzene rings is 1. The molecular weight excluding hydrogens is 310 g/mol. The Balaban J connectivity index is 2.01. The Morgan fingerprint density at radius 2 is 2.36 bits per heavy atom. The molecule has 1 aromatic rings. The highest BCUT2D eigenvalue weighted by Crippen LogP contribution is 2.27. The molecule has 1 saturated heterocycles. The molecule has 1 aliphatic rings. The van der Waals surface area contributed by atoms with E-state index in [1.165, 1.54) is 18.2 Å².